The van der Waals surface area contributed by atoms with Gasteiger partial charge in [-0.15, -0.1) is 0 Å². The summed E-state index contributed by atoms with van der Waals surface area (Å²) in [6, 6.07) is 12.0. The summed E-state index contributed by atoms with van der Waals surface area (Å²) in [5.74, 6) is 1.30. The van der Waals surface area contributed by atoms with Gasteiger partial charge >= 0.3 is 0 Å². The van der Waals surface area contributed by atoms with E-state index < -0.39 is 0 Å². The lowest BCUT2D eigenvalue weighted by Crippen LogP contribution is -2.15. The van der Waals surface area contributed by atoms with Crippen molar-refractivity contribution in [2.45, 2.75) is 27.2 Å². The van der Waals surface area contributed by atoms with Crippen LogP contribution in [0, 0.1) is 20.8 Å². The van der Waals surface area contributed by atoms with E-state index in [1.807, 2.05) is 57.2 Å². The van der Waals surface area contributed by atoms with Crippen molar-refractivity contribution >= 4 is 34.2 Å². The summed E-state index contributed by atoms with van der Waals surface area (Å²) >= 11 is 0. The van der Waals surface area contributed by atoms with Crippen molar-refractivity contribution in [2.24, 2.45) is 4.99 Å². The molecular formula is C23H20N6O. The minimum Gasteiger partial charge on any atom is -0.309 e. The lowest BCUT2D eigenvalue weighted by atomic mass is 10.1. The van der Waals surface area contributed by atoms with Crippen LogP contribution in [0.2, 0.25) is 0 Å². The standard InChI is InChI=1S/C23H20N6O/c1-13-10-14(2)25-23-22(13)27-18(11-21(30)28-23)16-4-6-17(7-5-16)29-15(3)26-19-12-24-9-8-20(19)29/h4-10,12H,11H2,1-3H3,(H,25,28,30). The Morgan fingerprint density at radius 1 is 1.03 bits per heavy atom. The number of anilines is 1. The van der Waals surface area contributed by atoms with E-state index in [4.69, 9.17) is 4.99 Å². The average molecular weight is 396 g/mol. The molecule has 148 valence electrons. The highest BCUT2D eigenvalue weighted by molar-refractivity contribution is 6.16. The zero-order valence-corrected chi connectivity index (χ0v) is 17.0. The molecule has 3 aromatic heterocycles. The van der Waals surface area contributed by atoms with Crippen LogP contribution in [-0.2, 0) is 4.79 Å². The number of carbonyl (C=O) groups excluding carboxylic acids is 1. The van der Waals surface area contributed by atoms with Crippen LogP contribution in [0.3, 0.4) is 0 Å². The molecule has 0 fully saturated rings. The van der Waals surface area contributed by atoms with Crippen LogP contribution < -0.4 is 5.32 Å². The van der Waals surface area contributed by atoms with Crippen LogP contribution in [0.1, 0.15) is 29.1 Å². The van der Waals surface area contributed by atoms with E-state index in [0.29, 0.717) is 5.82 Å². The first kappa shape index (κ1) is 18.2. The second-order valence-electron chi connectivity index (χ2n) is 7.47. The van der Waals surface area contributed by atoms with E-state index >= 15 is 0 Å². The van der Waals surface area contributed by atoms with Crippen molar-refractivity contribution in [1.29, 1.82) is 0 Å². The molecule has 1 amide bonds. The minimum absolute atomic E-state index is 0.113. The first-order valence-electron chi connectivity index (χ1n) is 9.75. The Kier molecular flexibility index (Phi) is 4.17. The predicted octanol–water partition coefficient (Wildman–Crippen LogP) is 4.20. The number of hydrogen-bond acceptors (Lipinski definition) is 5. The van der Waals surface area contributed by atoms with Crippen molar-refractivity contribution in [1.82, 2.24) is 19.5 Å². The van der Waals surface area contributed by atoms with Gasteiger partial charge in [0, 0.05) is 17.6 Å². The number of benzene rings is 1. The van der Waals surface area contributed by atoms with Crippen LogP contribution in [0.25, 0.3) is 16.7 Å². The molecule has 4 aromatic rings. The Labute approximate surface area is 173 Å². The fourth-order valence-electron chi connectivity index (χ4n) is 3.91. The number of aliphatic imine (C=N–C) groups is 1. The smallest absolute Gasteiger partial charge is 0.231 e. The zero-order chi connectivity index (χ0) is 20.8. The van der Waals surface area contributed by atoms with Crippen molar-refractivity contribution in [3.05, 3.63) is 71.4 Å². The third-order valence-corrected chi connectivity index (χ3v) is 5.23. The van der Waals surface area contributed by atoms with E-state index in [0.717, 1.165) is 50.8 Å². The molecule has 0 spiro atoms. The van der Waals surface area contributed by atoms with Crippen LogP contribution in [0.4, 0.5) is 11.5 Å². The van der Waals surface area contributed by atoms with E-state index in [2.05, 4.69) is 24.8 Å². The molecular weight excluding hydrogens is 376 g/mol. The summed E-state index contributed by atoms with van der Waals surface area (Å²) in [5.41, 5.74) is 7.06. The summed E-state index contributed by atoms with van der Waals surface area (Å²) in [6.45, 7) is 5.87. The molecule has 0 saturated heterocycles. The first-order chi connectivity index (χ1) is 14.5. The van der Waals surface area contributed by atoms with E-state index in [1.54, 1.807) is 12.4 Å². The summed E-state index contributed by atoms with van der Waals surface area (Å²) < 4.78 is 2.09. The van der Waals surface area contributed by atoms with Gasteiger partial charge in [-0.3, -0.25) is 14.3 Å². The van der Waals surface area contributed by atoms with Gasteiger partial charge in [0.05, 0.1) is 23.8 Å². The third kappa shape index (κ3) is 3.04. The highest BCUT2D eigenvalue weighted by Gasteiger charge is 2.20. The van der Waals surface area contributed by atoms with E-state index in [9.17, 15) is 4.79 Å². The van der Waals surface area contributed by atoms with Crippen LogP contribution in [0.5, 0.6) is 0 Å². The average Bonchev–Trinajstić information content (AvgIpc) is 2.95. The fraction of sp³-hybridized carbons (Fsp3) is 0.174. The van der Waals surface area contributed by atoms with Gasteiger partial charge in [0.25, 0.3) is 0 Å². The number of rotatable bonds is 2. The monoisotopic (exact) mass is 396 g/mol. The Morgan fingerprint density at radius 3 is 2.63 bits per heavy atom. The third-order valence-electron chi connectivity index (χ3n) is 5.23. The highest BCUT2D eigenvalue weighted by atomic mass is 16.1. The van der Waals surface area contributed by atoms with E-state index in [1.165, 1.54) is 0 Å². The predicted molar refractivity (Wildman–Crippen MR) is 117 cm³/mol. The maximum Gasteiger partial charge on any atom is 0.231 e. The molecule has 1 N–H and O–H groups in total. The Balaban J connectivity index is 1.57. The Morgan fingerprint density at radius 2 is 1.83 bits per heavy atom. The SMILES string of the molecule is Cc1cc(C)c2c(n1)NC(=O)CC(c1ccc(-n3c(C)nc4cnccc43)cc1)=N2. The lowest BCUT2D eigenvalue weighted by Gasteiger charge is -2.09. The molecule has 0 unspecified atom stereocenters. The summed E-state index contributed by atoms with van der Waals surface area (Å²) in [4.78, 5) is 30.4. The van der Waals surface area contributed by atoms with Crippen molar-refractivity contribution in [2.75, 3.05) is 5.32 Å². The van der Waals surface area contributed by atoms with Crippen LogP contribution in [0.15, 0.2) is 53.8 Å². The Hall–Kier alpha value is -3.87. The minimum atomic E-state index is -0.113. The van der Waals surface area contributed by atoms with Gasteiger partial charge in [-0.1, -0.05) is 12.1 Å². The van der Waals surface area contributed by atoms with Crippen molar-refractivity contribution in [3.8, 4) is 5.69 Å². The molecule has 1 aromatic carbocycles. The second-order valence-corrected chi connectivity index (χ2v) is 7.47. The zero-order valence-electron chi connectivity index (χ0n) is 17.0. The number of aryl methyl sites for hydroxylation is 3. The van der Waals surface area contributed by atoms with Gasteiger partial charge in [0.2, 0.25) is 5.91 Å². The van der Waals surface area contributed by atoms with Gasteiger partial charge < -0.3 is 5.32 Å². The van der Waals surface area contributed by atoms with Crippen LogP contribution >= 0.6 is 0 Å². The topological polar surface area (TPSA) is 85.1 Å². The highest BCUT2D eigenvalue weighted by Crippen LogP contribution is 2.31. The van der Waals surface area contributed by atoms with Crippen molar-refractivity contribution in [3.63, 3.8) is 0 Å². The Bertz CT molecular complexity index is 1330. The molecule has 0 bridgehead atoms. The summed E-state index contributed by atoms with van der Waals surface area (Å²) in [6.07, 6.45) is 3.73. The number of amides is 1. The number of imidazole rings is 1. The van der Waals surface area contributed by atoms with Crippen LogP contribution in [-0.4, -0.2) is 31.1 Å². The molecule has 1 aliphatic heterocycles. The van der Waals surface area contributed by atoms with Gasteiger partial charge in [0.15, 0.2) is 5.82 Å². The molecule has 4 heterocycles. The molecule has 30 heavy (non-hydrogen) atoms. The number of hydrogen-bond donors (Lipinski definition) is 1. The molecule has 7 nitrogen and oxygen atoms in total. The molecule has 5 rings (SSSR count). The summed E-state index contributed by atoms with van der Waals surface area (Å²) in [7, 11) is 0. The van der Waals surface area contributed by atoms with Gasteiger partial charge in [-0.25, -0.2) is 15.0 Å². The molecule has 1 aliphatic rings. The van der Waals surface area contributed by atoms with Gasteiger partial charge in [-0.05, 0) is 56.2 Å². The number of pyridine rings is 2. The number of nitrogens with zero attached hydrogens (tertiary/aromatic N) is 5. The fourth-order valence-corrected chi connectivity index (χ4v) is 3.91. The van der Waals surface area contributed by atoms with E-state index in [-0.39, 0.29) is 12.3 Å². The number of nitrogens with one attached hydrogen (secondary N) is 1. The largest absolute Gasteiger partial charge is 0.309 e. The maximum absolute atomic E-state index is 12.4. The lowest BCUT2D eigenvalue weighted by molar-refractivity contribution is -0.115. The molecule has 0 saturated carbocycles. The molecule has 0 radical (unpaired) electrons. The number of fused-ring (bicyclic) bond motifs is 2. The molecule has 0 aliphatic carbocycles. The van der Waals surface area contributed by atoms with Gasteiger partial charge in [0.1, 0.15) is 17.0 Å². The first-order valence-corrected chi connectivity index (χ1v) is 9.75. The quantitative estimate of drug-likeness (QED) is 0.550. The number of carbonyl (C=O) groups is 1. The number of aromatic nitrogens is 4. The maximum atomic E-state index is 12.4. The van der Waals surface area contributed by atoms with Gasteiger partial charge in [-0.2, -0.15) is 0 Å². The normalized spacial score (nSPS) is 13.6. The second kappa shape index (κ2) is 6.88. The molecule has 0 atom stereocenters. The summed E-state index contributed by atoms with van der Waals surface area (Å²) in [5, 5.41) is 2.88. The van der Waals surface area contributed by atoms with Crippen molar-refractivity contribution < 1.29 is 4.79 Å². The molecule has 7 heteroatoms.